The lowest BCUT2D eigenvalue weighted by Gasteiger charge is -2.42. The Kier molecular flexibility index (Phi) is 4.71. The molecule has 0 radical (unpaired) electrons. The number of ether oxygens (including phenoxy) is 1. The van der Waals surface area contributed by atoms with Gasteiger partial charge in [-0.15, -0.1) is 0 Å². The minimum absolute atomic E-state index is 0.0622. The lowest BCUT2D eigenvalue weighted by atomic mass is 9.70. The van der Waals surface area contributed by atoms with E-state index in [-0.39, 0.29) is 5.91 Å². The summed E-state index contributed by atoms with van der Waals surface area (Å²) in [5.41, 5.74) is 0.184. The van der Waals surface area contributed by atoms with Crippen molar-refractivity contribution in [2.45, 2.75) is 77.4 Å². The van der Waals surface area contributed by atoms with Gasteiger partial charge in [-0.2, -0.15) is 0 Å². The number of hydrogen-bond acceptors (Lipinski definition) is 3. The van der Waals surface area contributed by atoms with Crippen molar-refractivity contribution in [1.82, 2.24) is 4.90 Å². The Morgan fingerprint density at radius 3 is 2.38 bits per heavy atom. The van der Waals surface area contributed by atoms with Crippen LogP contribution in [0.2, 0.25) is 0 Å². The quantitative estimate of drug-likeness (QED) is 0.922. The molecule has 1 aromatic rings. The number of aliphatic hydroxyl groups is 1. The Morgan fingerprint density at radius 1 is 1.17 bits per heavy atom. The molecule has 4 nitrogen and oxygen atoms in total. The normalized spacial score (nSPS) is 27.0. The van der Waals surface area contributed by atoms with E-state index < -0.39 is 23.3 Å². The minimum atomic E-state index is -0.758. The van der Waals surface area contributed by atoms with Gasteiger partial charge in [-0.25, -0.2) is 0 Å². The highest BCUT2D eigenvalue weighted by molar-refractivity contribution is 5.85. The molecule has 132 valence electrons. The van der Waals surface area contributed by atoms with Gasteiger partial charge >= 0.3 is 0 Å². The summed E-state index contributed by atoms with van der Waals surface area (Å²) < 4.78 is 6.14. The van der Waals surface area contributed by atoms with Crippen molar-refractivity contribution in [2.24, 2.45) is 5.41 Å². The summed E-state index contributed by atoms with van der Waals surface area (Å²) in [7, 11) is 0. The van der Waals surface area contributed by atoms with Gasteiger partial charge in [0.1, 0.15) is 12.3 Å². The van der Waals surface area contributed by atoms with Crippen LogP contribution >= 0.6 is 0 Å². The molecule has 0 unspecified atom stereocenters. The smallest absolute Gasteiger partial charge is 0.254 e. The number of aliphatic hydroxyl groups excluding tert-OH is 1. The first-order valence-corrected chi connectivity index (χ1v) is 9.03. The van der Waals surface area contributed by atoms with Crippen molar-refractivity contribution in [3.8, 4) is 0 Å². The summed E-state index contributed by atoms with van der Waals surface area (Å²) in [4.78, 5) is 14.7. The first kappa shape index (κ1) is 17.4. The number of benzene rings is 1. The Balaban J connectivity index is 1.87. The van der Waals surface area contributed by atoms with Crippen LogP contribution in [0.25, 0.3) is 0 Å². The molecule has 1 aliphatic heterocycles. The predicted molar refractivity (Wildman–Crippen MR) is 93.1 cm³/mol. The van der Waals surface area contributed by atoms with Gasteiger partial charge in [-0.05, 0) is 39.2 Å². The third-order valence-corrected chi connectivity index (χ3v) is 5.51. The first-order chi connectivity index (χ1) is 11.4. The van der Waals surface area contributed by atoms with Crippen molar-refractivity contribution in [2.75, 3.05) is 0 Å². The molecule has 1 spiro atoms. The van der Waals surface area contributed by atoms with Crippen LogP contribution in [-0.4, -0.2) is 33.8 Å². The topological polar surface area (TPSA) is 49.8 Å². The molecule has 1 aliphatic carbocycles. The van der Waals surface area contributed by atoms with Crippen LogP contribution in [0.3, 0.4) is 0 Å². The van der Waals surface area contributed by atoms with Crippen LogP contribution < -0.4 is 0 Å². The second-order valence-corrected chi connectivity index (χ2v) is 8.22. The molecule has 2 atom stereocenters. The second-order valence-electron chi connectivity index (χ2n) is 8.22. The summed E-state index contributed by atoms with van der Waals surface area (Å²) in [6.45, 7) is 6.34. The average molecular weight is 331 g/mol. The van der Waals surface area contributed by atoms with Gasteiger partial charge in [0, 0.05) is 5.54 Å². The molecule has 2 fully saturated rings. The van der Waals surface area contributed by atoms with E-state index in [4.69, 9.17) is 4.74 Å². The number of carbonyl (C=O) groups excluding carboxylic acids is 1. The van der Waals surface area contributed by atoms with Crippen molar-refractivity contribution in [1.29, 1.82) is 0 Å². The third-order valence-electron chi connectivity index (χ3n) is 5.51. The third kappa shape index (κ3) is 2.98. The predicted octanol–water partition coefficient (Wildman–Crippen LogP) is 3.48. The summed E-state index contributed by atoms with van der Waals surface area (Å²) >= 11 is 0. The van der Waals surface area contributed by atoms with Crippen LogP contribution in [0.5, 0.6) is 0 Å². The highest BCUT2D eigenvalue weighted by Crippen LogP contribution is 2.51. The molecular weight excluding hydrogens is 302 g/mol. The molecule has 1 amide bonds. The molecule has 1 aromatic carbocycles. The van der Waals surface area contributed by atoms with Crippen LogP contribution in [0, 0.1) is 5.41 Å². The van der Waals surface area contributed by atoms with Crippen molar-refractivity contribution >= 4 is 5.91 Å². The van der Waals surface area contributed by atoms with Crippen molar-refractivity contribution in [3.63, 3.8) is 0 Å². The lowest BCUT2D eigenvalue weighted by molar-refractivity contribution is -0.147. The van der Waals surface area contributed by atoms with E-state index in [0.29, 0.717) is 6.61 Å². The zero-order valence-corrected chi connectivity index (χ0v) is 15.0. The molecule has 1 saturated carbocycles. The highest BCUT2D eigenvalue weighted by atomic mass is 16.5. The van der Waals surface area contributed by atoms with E-state index in [1.54, 1.807) is 4.90 Å². The number of amides is 1. The van der Waals surface area contributed by atoms with Crippen molar-refractivity contribution < 1.29 is 14.6 Å². The minimum Gasteiger partial charge on any atom is -0.373 e. The summed E-state index contributed by atoms with van der Waals surface area (Å²) in [6.07, 6.45) is 3.67. The molecule has 4 heteroatoms. The fraction of sp³-hybridized carbons (Fsp3) is 0.650. The lowest BCUT2D eigenvalue weighted by Crippen LogP contribution is -2.50. The summed E-state index contributed by atoms with van der Waals surface area (Å²) in [6, 6.07) is 9.93. The van der Waals surface area contributed by atoms with E-state index in [1.807, 2.05) is 51.1 Å². The molecule has 1 heterocycles. The number of carbonyl (C=O) groups is 1. The fourth-order valence-corrected chi connectivity index (χ4v) is 4.30. The Labute approximate surface area is 144 Å². The van der Waals surface area contributed by atoms with Gasteiger partial charge in [-0.1, -0.05) is 49.6 Å². The summed E-state index contributed by atoms with van der Waals surface area (Å²) in [5, 5.41) is 11.1. The van der Waals surface area contributed by atoms with Gasteiger partial charge in [0.15, 0.2) is 0 Å². The van der Waals surface area contributed by atoms with E-state index in [9.17, 15) is 9.90 Å². The number of hydrogen-bond donors (Lipinski definition) is 1. The van der Waals surface area contributed by atoms with Gasteiger partial charge < -0.3 is 14.7 Å². The zero-order valence-electron chi connectivity index (χ0n) is 15.0. The summed E-state index contributed by atoms with van der Waals surface area (Å²) in [5.74, 6) is -0.0622. The molecule has 2 aliphatic rings. The average Bonchev–Trinajstić information content (AvgIpc) is 2.74. The van der Waals surface area contributed by atoms with Crippen LogP contribution in [-0.2, 0) is 16.1 Å². The molecule has 0 aromatic heterocycles. The van der Waals surface area contributed by atoms with Crippen LogP contribution in [0.4, 0.5) is 0 Å². The van der Waals surface area contributed by atoms with E-state index in [2.05, 4.69) is 0 Å². The maximum absolute atomic E-state index is 13.1. The maximum atomic E-state index is 13.1. The Hall–Kier alpha value is -1.39. The highest BCUT2D eigenvalue weighted by Gasteiger charge is 2.61. The largest absolute Gasteiger partial charge is 0.373 e. The zero-order chi connectivity index (χ0) is 17.4. The molecule has 24 heavy (non-hydrogen) atoms. The molecule has 1 saturated heterocycles. The van der Waals surface area contributed by atoms with Gasteiger partial charge in [0.25, 0.3) is 5.91 Å². The van der Waals surface area contributed by atoms with Gasteiger partial charge in [0.05, 0.1) is 12.0 Å². The Bertz CT molecular complexity index is 572. The van der Waals surface area contributed by atoms with E-state index in [0.717, 1.165) is 31.2 Å². The van der Waals surface area contributed by atoms with Gasteiger partial charge in [0.2, 0.25) is 0 Å². The SMILES string of the molecule is CC(C)(C)N1C(=O)[C@@H](OCc2ccccc2)C2(CCCCC2)[C@H]1O. The van der Waals surface area contributed by atoms with E-state index >= 15 is 0 Å². The monoisotopic (exact) mass is 331 g/mol. The standard InChI is InChI=1S/C20H29NO3/c1-19(2,3)21-17(22)16(24-14-15-10-6-4-7-11-15)20(18(21)23)12-8-5-9-13-20/h4,6-7,10-11,16,18,23H,5,8-9,12-14H2,1-3H3/t16-,18-/m1/s1. The van der Waals surface area contributed by atoms with Gasteiger partial charge in [-0.3, -0.25) is 4.79 Å². The first-order valence-electron chi connectivity index (χ1n) is 9.03. The number of nitrogens with zero attached hydrogens (tertiary/aromatic N) is 1. The van der Waals surface area contributed by atoms with Crippen LogP contribution in [0.1, 0.15) is 58.4 Å². The molecular formula is C20H29NO3. The molecule has 1 N–H and O–H groups in total. The van der Waals surface area contributed by atoms with Crippen molar-refractivity contribution in [3.05, 3.63) is 35.9 Å². The molecule has 0 bridgehead atoms. The second kappa shape index (κ2) is 6.49. The maximum Gasteiger partial charge on any atom is 0.254 e. The Morgan fingerprint density at radius 2 is 1.79 bits per heavy atom. The number of likely N-dealkylation sites (tertiary alicyclic amines) is 1. The van der Waals surface area contributed by atoms with E-state index in [1.165, 1.54) is 6.42 Å². The molecule has 3 rings (SSSR count). The van der Waals surface area contributed by atoms with Crippen LogP contribution in [0.15, 0.2) is 30.3 Å². The fourth-order valence-electron chi connectivity index (χ4n) is 4.30. The number of rotatable bonds is 3.